The van der Waals surface area contributed by atoms with E-state index in [4.69, 9.17) is 18.4 Å². The van der Waals surface area contributed by atoms with Crippen molar-refractivity contribution < 1.29 is 37.6 Å². The molecule has 1 aliphatic rings. The first-order chi connectivity index (χ1) is 13.0. The Morgan fingerprint density at radius 2 is 1.78 bits per heavy atom. The summed E-state index contributed by atoms with van der Waals surface area (Å²) in [6.07, 6.45) is -10.8. The highest BCUT2D eigenvalue weighted by molar-refractivity contribution is 5.84. The number of carboxylic acids is 2. The number of hydrogen-bond donors (Lipinski definition) is 2. The SMILES string of the molecule is [2H]C([2H])(CC(=O)CC[C@H]1[C@H](C)CC(=O)[C@@H]1CCC(=O)O)C([2H])([2H])C([2H])([2H])C(=O)O. The van der Waals surface area contributed by atoms with Gasteiger partial charge in [0.15, 0.2) is 0 Å². The molecule has 3 atom stereocenters. The van der Waals surface area contributed by atoms with Crippen LogP contribution in [-0.4, -0.2) is 33.7 Å². The van der Waals surface area contributed by atoms with Crippen LogP contribution in [0.4, 0.5) is 0 Å². The van der Waals surface area contributed by atoms with Crippen molar-refractivity contribution in [2.24, 2.45) is 17.8 Å². The Morgan fingerprint density at radius 1 is 1.09 bits per heavy atom. The lowest BCUT2D eigenvalue weighted by Gasteiger charge is -2.20. The average Bonchev–Trinajstić information content (AvgIpc) is 2.82. The van der Waals surface area contributed by atoms with E-state index in [1.165, 1.54) is 0 Å². The van der Waals surface area contributed by atoms with Crippen LogP contribution in [0.3, 0.4) is 0 Å². The third-order valence-corrected chi connectivity index (χ3v) is 4.15. The summed E-state index contributed by atoms with van der Waals surface area (Å²) in [6, 6.07) is 0. The first-order valence-electron chi connectivity index (χ1n) is 10.5. The van der Waals surface area contributed by atoms with Gasteiger partial charge in [-0.15, -0.1) is 0 Å². The lowest BCUT2D eigenvalue weighted by atomic mass is 9.83. The molecule has 0 amide bonds. The van der Waals surface area contributed by atoms with Crippen LogP contribution in [0, 0.1) is 17.8 Å². The molecule has 0 aromatic rings. The normalized spacial score (nSPS) is 29.6. The van der Waals surface area contributed by atoms with E-state index in [1.54, 1.807) is 0 Å². The second kappa shape index (κ2) is 9.43. The highest BCUT2D eigenvalue weighted by atomic mass is 16.4. The van der Waals surface area contributed by atoms with Gasteiger partial charge in [0, 0.05) is 46.2 Å². The lowest BCUT2D eigenvalue weighted by Crippen LogP contribution is -2.19. The summed E-state index contributed by atoms with van der Waals surface area (Å²) in [5.74, 6) is -4.81. The van der Waals surface area contributed by atoms with Gasteiger partial charge in [-0.1, -0.05) is 6.92 Å². The van der Waals surface area contributed by atoms with Gasteiger partial charge < -0.3 is 10.2 Å². The summed E-state index contributed by atoms with van der Waals surface area (Å²) in [6.45, 7) is 1.81. The molecule has 0 unspecified atom stereocenters. The molecule has 0 radical (unpaired) electrons. The molecular formula is C17H26O6. The molecule has 0 heterocycles. The quantitative estimate of drug-likeness (QED) is 0.602. The van der Waals surface area contributed by atoms with E-state index in [0.29, 0.717) is 0 Å². The molecule has 0 aliphatic heterocycles. The Morgan fingerprint density at radius 3 is 2.39 bits per heavy atom. The third kappa shape index (κ3) is 6.93. The number of hydrogen-bond acceptors (Lipinski definition) is 4. The van der Waals surface area contributed by atoms with E-state index in [0.717, 1.165) is 0 Å². The van der Waals surface area contributed by atoms with Gasteiger partial charge in [0.1, 0.15) is 11.6 Å². The number of aliphatic carboxylic acids is 2. The topological polar surface area (TPSA) is 109 Å². The molecule has 2 N–H and O–H groups in total. The molecule has 0 aromatic heterocycles. The molecular weight excluding hydrogens is 300 g/mol. The second-order valence-electron chi connectivity index (χ2n) is 5.84. The monoisotopic (exact) mass is 332 g/mol. The number of carbonyl (C=O) groups excluding carboxylic acids is 2. The highest BCUT2D eigenvalue weighted by Crippen LogP contribution is 2.39. The molecule has 0 spiro atoms. The van der Waals surface area contributed by atoms with Gasteiger partial charge in [-0.25, -0.2) is 0 Å². The van der Waals surface area contributed by atoms with Crippen LogP contribution in [0.15, 0.2) is 0 Å². The zero-order chi connectivity index (χ0) is 22.8. The molecule has 23 heavy (non-hydrogen) atoms. The smallest absolute Gasteiger partial charge is 0.303 e. The van der Waals surface area contributed by atoms with E-state index >= 15 is 0 Å². The molecule has 1 saturated carbocycles. The van der Waals surface area contributed by atoms with Crippen LogP contribution < -0.4 is 0 Å². The molecule has 130 valence electrons. The third-order valence-electron chi connectivity index (χ3n) is 4.15. The Balaban J connectivity index is 2.79. The summed E-state index contributed by atoms with van der Waals surface area (Å²) < 4.78 is 45.4. The summed E-state index contributed by atoms with van der Waals surface area (Å²) in [5, 5.41) is 17.7. The van der Waals surface area contributed by atoms with Crippen molar-refractivity contribution in [2.75, 3.05) is 0 Å². The standard InChI is InChI=1S/C17H26O6/c1-11-10-15(19)14(8-9-17(22)23)13(11)7-6-12(18)4-2-3-5-16(20)21/h11,13-14H,2-10H2,1H3,(H,20,21)(H,22,23)/t11-,13+,14-/m1/s1/i2D2,3D2,5D2. The highest BCUT2D eigenvalue weighted by Gasteiger charge is 2.39. The van der Waals surface area contributed by atoms with Crippen LogP contribution >= 0.6 is 0 Å². The zero-order valence-electron chi connectivity index (χ0n) is 19.0. The maximum absolute atomic E-state index is 12.3. The van der Waals surface area contributed by atoms with Crippen LogP contribution in [0.5, 0.6) is 0 Å². The van der Waals surface area contributed by atoms with Crippen LogP contribution in [0.25, 0.3) is 0 Å². The Bertz CT molecular complexity index is 677. The van der Waals surface area contributed by atoms with Crippen molar-refractivity contribution in [2.45, 2.75) is 64.6 Å². The van der Waals surface area contributed by atoms with Gasteiger partial charge in [0.25, 0.3) is 0 Å². The van der Waals surface area contributed by atoms with Crippen molar-refractivity contribution in [3.63, 3.8) is 0 Å². The molecule has 0 aromatic carbocycles. The Labute approximate surface area is 144 Å². The van der Waals surface area contributed by atoms with Crippen LogP contribution in [-0.2, 0) is 19.2 Å². The molecule has 0 saturated heterocycles. The zero-order valence-corrected chi connectivity index (χ0v) is 13.0. The fourth-order valence-electron chi connectivity index (χ4n) is 3.05. The second-order valence-corrected chi connectivity index (χ2v) is 5.84. The largest absolute Gasteiger partial charge is 0.481 e. The summed E-state index contributed by atoms with van der Waals surface area (Å²) in [5.41, 5.74) is 0. The minimum absolute atomic E-state index is 0.0709. The first-order valence-corrected chi connectivity index (χ1v) is 7.54. The fourth-order valence-corrected chi connectivity index (χ4v) is 3.05. The minimum Gasteiger partial charge on any atom is -0.481 e. The number of carboxylic acid groups (broad SMARTS) is 2. The van der Waals surface area contributed by atoms with Gasteiger partial charge in [0.2, 0.25) is 0 Å². The van der Waals surface area contributed by atoms with Crippen LogP contribution in [0.1, 0.15) is 72.8 Å². The predicted octanol–water partition coefficient (Wildman–Crippen LogP) is 2.69. The van der Waals surface area contributed by atoms with Gasteiger partial charge in [-0.2, -0.15) is 0 Å². The van der Waals surface area contributed by atoms with Crippen molar-refractivity contribution in [3.05, 3.63) is 0 Å². The summed E-state index contributed by atoms with van der Waals surface area (Å²) in [7, 11) is 0. The summed E-state index contributed by atoms with van der Waals surface area (Å²) in [4.78, 5) is 46.1. The average molecular weight is 332 g/mol. The van der Waals surface area contributed by atoms with Gasteiger partial charge >= 0.3 is 11.9 Å². The number of ketones is 2. The molecule has 6 nitrogen and oxygen atoms in total. The first kappa shape index (κ1) is 11.8. The Hall–Kier alpha value is -1.72. The van der Waals surface area contributed by atoms with Crippen molar-refractivity contribution in [1.82, 2.24) is 0 Å². The summed E-state index contributed by atoms with van der Waals surface area (Å²) >= 11 is 0. The van der Waals surface area contributed by atoms with Crippen molar-refractivity contribution >= 4 is 23.5 Å². The molecule has 1 aliphatic carbocycles. The Kier molecular flexibility index (Phi) is 4.82. The number of carbonyl (C=O) groups is 4. The van der Waals surface area contributed by atoms with E-state index < -0.39 is 49.2 Å². The molecule has 6 heteroatoms. The van der Waals surface area contributed by atoms with Crippen molar-refractivity contribution in [1.29, 1.82) is 0 Å². The van der Waals surface area contributed by atoms with E-state index in [9.17, 15) is 19.2 Å². The molecule has 1 rings (SSSR count). The van der Waals surface area contributed by atoms with Gasteiger partial charge in [-0.3, -0.25) is 19.2 Å². The predicted molar refractivity (Wildman–Crippen MR) is 83.0 cm³/mol. The van der Waals surface area contributed by atoms with Crippen molar-refractivity contribution in [3.8, 4) is 0 Å². The van der Waals surface area contributed by atoms with E-state index in [-0.39, 0.29) is 49.7 Å². The maximum atomic E-state index is 12.3. The fraction of sp³-hybridized carbons (Fsp3) is 0.765. The van der Waals surface area contributed by atoms with E-state index in [2.05, 4.69) is 0 Å². The van der Waals surface area contributed by atoms with Gasteiger partial charge in [-0.05, 0) is 37.4 Å². The van der Waals surface area contributed by atoms with Crippen LogP contribution in [0.2, 0.25) is 0 Å². The molecule has 1 fully saturated rings. The van der Waals surface area contributed by atoms with Gasteiger partial charge in [0.05, 0.1) is 0 Å². The lowest BCUT2D eigenvalue weighted by molar-refractivity contribution is -0.138. The van der Waals surface area contributed by atoms with E-state index in [1.807, 2.05) is 6.92 Å². The number of Topliss-reactive ketones (excluding diaryl/α,β-unsaturated/α-hetero) is 2. The minimum atomic E-state index is -3.54. The number of rotatable bonds is 11. The molecule has 0 bridgehead atoms. The maximum Gasteiger partial charge on any atom is 0.303 e.